The van der Waals surface area contributed by atoms with Crippen molar-refractivity contribution in [1.29, 1.82) is 0 Å². The lowest BCUT2D eigenvalue weighted by Gasteiger charge is -2.29. The second-order valence-corrected chi connectivity index (χ2v) is 8.00. The van der Waals surface area contributed by atoms with Crippen LogP contribution in [-0.4, -0.2) is 56.6 Å². The van der Waals surface area contributed by atoms with Gasteiger partial charge in [-0.15, -0.1) is 0 Å². The molecule has 31 heavy (non-hydrogen) atoms. The molecule has 2 N–H and O–H groups in total. The number of rotatable bonds is 16. The zero-order valence-corrected chi connectivity index (χ0v) is 19.3. The molecule has 1 aromatic rings. The normalized spacial score (nSPS) is 12.5. The number of nitrogens with two attached hydrogens (primary N) is 1. The minimum Gasteiger partial charge on any atom is -0.493 e. The van der Waals surface area contributed by atoms with Gasteiger partial charge >= 0.3 is 6.09 Å². The van der Waals surface area contributed by atoms with Crippen LogP contribution >= 0.6 is 0 Å². The standard InChI is InChI=1S/C23H37NO7/c1-17(2)28-14-10-6-7-13-21(25)23(3,4)31-18(16-30-22(24)26)15-29-20-12-9-8-11-19(20)27-5/h8-9,11-12,17-18H,6-7,10,13-16H2,1-5H3,(H2,24,26). The lowest BCUT2D eigenvalue weighted by molar-refractivity contribution is -0.153. The summed E-state index contributed by atoms with van der Waals surface area (Å²) in [6.45, 7) is 8.02. The molecule has 0 spiro atoms. The Hall–Kier alpha value is -2.32. The summed E-state index contributed by atoms with van der Waals surface area (Å²) in [5.41, 5.74) is 4.02. The monoisotopic (exact) mass is 439 g/mol. The molecule has 0 aliphatic heterocycles. The summed E-state index contributed by atoms with van der Waals surface area (Å²) < 4.78 is 27.4. The third-order valence-corrected chi connectivity index (χ3v) is 4.54. The van der Waals surface area contributed by atoms with Crippen molar-refractivity contribution in [1.82, 2.24) is 0 Å². The SMILES string of the molecule is COc1ccccc1OCC(COC(N)=O)OC(C)(C)C(=O)CCCCCOC(C)C. The Balaban J connectivity index is 2.60. The molecule has 0 heterocycles. The fourth-order valence-electron chi connectivity index (χ4n) is 2.88. The maximum atomic E-state index is 12.7. The number of ether oxygens (including phenoxy) is 5. The molecule has 1 rings (SSSR count). The van der Waals surface area contributed by atoms with Crippen LogP contribution in [0.4, 0.5) is 4.79 Å². The number of carbonyl (C=O) groups is 2. The van der Waals surface area contributed by atoms with Gasteiger partial charge in [-0.1, -0.05) is 18.6 Å². The van der Waals surface area contributed by atoms with Gasteiger partial charge in [-0.25, -0.2) is 4.79 Å². The van der Waals surface area contributed by atoms with Crippen LogP contribution in [0.25, 0.3) is 0 Å². The molecule has 0 aliphatic carbocycles. The van der Waals surface area contributed by atoms with Crippen LogP contribution in [0.2, 0.25) is 0 Å². The van der Waals surface area contributed by atoms with E-state index in [1.54, 1.807) is 33.1 Å². The van der Waals surface area contributed by atoms with Crippen molar-refractivity contribution in [3.8, 4) is 11.5 Å². The maximum absolute atomic E-state index is 12.7. The molecule has 1 aromatic carbocycles. The van der Waals surface area contributed by atoms with Gasteiger partial charge in [-0.05, 0) is 52.7 Å². The van der Waals surface area contributed by atoms with Gasteiger partial charge in [0.05, 0.1) is 13.2 Å². The number of unbranched alkanes of at least 4 members (excludes halogenated alkanes) is 2. The predicted molar refractivity (Wildman–Crippen MR) is 118 cm³/mol. The van der Waals surface area contributed by atoms with Crippen LogP contribution in [0, 0.1) is 0 Å². The molecule has 8 nitrogen and oxygen atoms in total. The lowest BCUT2D eigenvalue weighted by Crippen LogP contribution is -2.43. The highest BCUT2D eigenvalue weighted by atomic mass is 16.6. The second-order valence-electron chi connectivity index (χ2n) is 8.00. The van der Waals surface area contributed by atoms with Crippen LogP contribution < -0.4 is 15.2 Å². The first-order chi connectivity index (χ1) is 14.7. The average molecular weight is 440 g/mol. The molecular formula is C23H37NO7. The number of amides is 1. The van der Waals surface area contributed by atoms with Crippen LogP contribution in [0.5, 0.6) is 11.5 Å². The van der Waals surface area contributed by atoms with E-state index in [1.165, 1.54) is 0 Å². The number of methoxy groups -OCH3 is 1. The topological polar surface area (TPSA) is 106 Å². The number of ketones is 1. The molecule has 8 heteroatoms. The number of hydrogen-bond donors (Lipinski definition) is 1. The minimum absolute atomic E-state index is 0.0290. The second kappa shape index (κ2) is 13.9. The van der Waals surface area contributed by atoms with Crippen molar-refractivity contribution in [3.63, 3.8) is 0 Å². The van der Waals surface area contributed by atoms with E-state index < -0.39 is 17.8 Å². The Morgan fingerprint density at radius 3 is 2.32 bits per heavy atom. The van der Waals surface area contributed by atoms with Gasteiger partial charge in [0, 0.05) is 13.0 Å². The summed E-state index contributed by atoms with van der Waals surface area (Å²) >= 11 is 0. The third kappa shape index (κ3) is 11.0. The fraction of sp³-hybridized carbons (Fsp3) is 0.652. The van der Waals surface area contributed by atoms with Crippen LogP contribution in [0.3, 0.4) is 0 Å². The molecule has 176 valence electrons. The molecule has 0 bridgehead atoms. The molecule has 1 unspecified atom stereocenters. The van der Waals surface area contributed by atoms with Crippen LogP contribution in [0.1, 0.15) is 53.4 Å². The molecule has 0 fully saturated rings. The number of primary amides is 1. The van der Waals surface area contributed by atoms with E-state index in [1.807, 2.05) is 26.0 Å². The first-order valence-electron chi connectivity index (χ1n) is 10.7. The number of benzene rings is 1. The predicted octanol–water partition coefficient (Wildman–Crippen LogP) is 3.89. The first-order valence-corrected chi connectivity index (χ1v) is 10.7. The van der Waals surface area contributed by atoms with Crippen molar-refractivity contribution >= 4 is 11.9 Å². The van der Waals surface area contributed by atoms with E-state index in [9.17, 15) is 9.59 Å². The van der Waals surface area contributed by atoms with E-state index in [0.717, 1.165) is 19.3 Å². The fourth-order valence-corrected chi connectivity index (χ4v) is 2.88. The molecule has 0 radical (unpaired) electrons. The van der Waals surface area contributed by atoms with Crippen molar-refractivity contribution in [2.75, 3.05) is 26.9 Å². The van der Waals surface area contributed by atoms with Gasteiger partial charge in [0.15, 0.2) is 17.3 Å². The number of para-hydroxylation sites is 2. The summed E-state index contributed by atoms with van der Waals surface area (Å²) in [6, 6.07) is 7.16. The first kappa shape index (κ1) is 26.7. The van der Waals surface area contributed by atoms with Crippen molar-refractivity contribution < 1.29 is 33.3 Å². The van der Waals surface area contributed by atoms with Gasteiger partial charge in [0.25, 0.3) is 0 Å². The van der Waals surface area contributed by atoms with Gasteiger partial charge in [-0.2, -0.15) is 0 Å². The number of carbonyl (C=O) groups excluding carboxylic acids is 2. The molecule has 1 amide bonds. The highest BCUT2D eigenvalue weighted by Gasteiger charge is 2.32. The zero-order chi connectivity index (χ0) is 23.3. The van der Waals surface area contributed by atoms with Crippen LogP contribution in [-0.2, 0) is 19.0 Å². The largest absolute Gasteiger partial charge is 0.493 e. The van der Waals surface area contributed by atoms with Gasteiger partial charge < -0.3 is 29.4 Å². The summed E-state index contributed by atoms with van der Waals surface area (Å²) in [6.07, 6.45) is 1.58. The quantitative estimate of drug-likeness (QED) is 0.389. The smallest absolute Gasteiger partial charge is 0.404 e. The highest BCUT2D eigenvalue weighted by Crippen LogP contribution is 2.26. The Kier molecular flexibility index (Phi) is 12.0. The van der Waals surface area contributed by atoms with Gasteiger partial charge in [-0.3, -0.25) is 4.79 Å². The molecule has 0 aliphatic rings. The summed E-state index contributed by atoms with van der Waals surface area (Å²) in [5.74, 6) is 1.05. The molecular weight excluding hydrogens is 402 g/mol. The van der Waals surface area contributed by atoms with Crippen molar-refractivity contribution in [2.45, 2.75) is 71.2 Å². The lowest BCUT2D eigenvalue weighted by atomic mass is 9.97. The van der Waals surface area contributed by atoms with E-state index >= 15 is 0 Å². The molecule has 0 saturated carbocycles. The van der Waals surface area contributed by atoms with Crippen molar-refractivity contribution in [2.24, 2.45) is 5.73 Å². The van der Waals surface area contributed by atoms with Gasteiger partial charge in [0.2, 0.25) is 0 Å². The molecule has 0 aromatic heterocycles. The summed E-state index contributed by atoms with van der Waals surface area (Å²) in [7, 11) is 1.54. The maximum Gasteiger partial charge on any atom is 0.404 e. The van der Waals surface area contributed by atoms with Crippen LogP contribution in [0.15, 0.2) is 24.3 Å². The molecule has 0 saturated heterocycles. The van der Waals surface area contributed by atoms with E-state index in [2.05, 4.69) is 0 Å². The van der Waals surface area contributed by atoms with E-state index in [4.69, 9.17) is 29.4 Å². The third-order valence-electron chi connectivity index (χ3n) is 4.54. The minimum atomic E-state index is -1.07. The Bertz CT molecular complexity index is 676. The number of Topliss-reactive ketones (excluding diaryl/α,β-unsaturated/α-hetero) is 1. The summed E-state index contributed by atoms with van der Waals surface area (Å²) in [5, 5.41) is 0. The highest BCUT2D eigenvalue weighted by molar-refractivity contribution is 5.86. The average Bonchev–Trinajstić information content (AvgIpc) is 2.72. The zero-order valence-electron chi connectivity index (χ0n) is 19.3. The Labute approximate surface area is 185 Å². The summed E-state index contributed by atoms with van der Waals surface area (Å²) in [4.78, 5) is 23.8. The van der Waals surface area contributed by atoms with Crippen molar-refractivity contribution in [3.05, 3.63) is 24.3 Å². The molecule has 1 atom stereocenters. The Morgan fingerprint density at radius 2 is 1.71 bits per heavy atom. The Morgan fingerprint density at radius 1 is 1.03 bits per heavy atom. The van der Waals surface area contributed by atoms with Gasteiger partial charge in [0.1, 0.15) is 24.9 Å². The van der Waals surface area contributed by atoms with E-state index in [0.29, 0.717) is 24.5 Å². The number of hydrogen-bond acceptors (Lipinski definition) is 7. The van der Waals surface area contributed by atoms with E-state index in [-0.39, 0.29) is 25.1 Å².